The lowest BCUT2D eigenvalue weighted by atomic mass is 10.1. The zero-order valence-corrected chi connectivity index (χ0v) is 15.4. The van der Waals surface area contributed by atoms with Crippen LogP contribution in [-0.4, -0.2) is 40.3 Å². The van der Waals surface area contributed by atoms with E-state index < -0.39 is 0 Å². The summed E-state index contributed by atoms with van der Waals surface area (Å²) in [5.74, 6) is 3.05. The first-order valence-electron chi connectivity index (χ1n) is 8.73. The van der Waals surface area contributed by atoms with Gasteiger partial charge < -0.3 is 13.9 Å². The van der Waals surface area contributed by atoms with E-state index in [0.717, 1.165) is 41.8 Å². The highest BCUT2D eigenvalue weighted by atomic mass is 32.2. The number of methoxy groups -OCH3 is 1. The lowest BCUT2D eigenvalue weighted by molar-refractivity contribution is 0.0315. The van der Waals surface area contributed by atoms with Gasteiger partial charge in [0.25, 0.3) is 0 Å². The summed E-state index contributed by atoms with van der Waals surface area (Å²) in [4.78, 5) is 0. The molecule has 6 nitrogen and oxygen atoms in total. The summed E-state index contributed by atoms with van der Waals surface area (Å²) in [6.07, 6.45) is 5.42. The van der Waals surface area contributed by atoms with Crippen molar-refractivity contribution in [3.05, 3.63) is 42.7 Å². The molecule has 136 valence electrons. The fourth-order valence-electron chi connectivity index (χ4n) is 3.00. The Labute approximate surface area is 156 Å². The molecule has 1 aliphatic heterocycles. The van der Waals surface area contributed by atoms with Crippen LogP contribution < -0.4 is 4.74 Å². The SMILES string of the molecule is COc1ccc(-n2c(SCC3CCCCO3)nnc2-c2ccco2)cc1. The van der Waals surface area contributed by atoms with Gasteiger partial charge in [0.2, 0.25) is 5.82 Å². The second kappa shape index (κ2) is 7.97. The molecule has 2 aromatic heterocycles. The molecule has 0 aliphatic carbocycles. The second-order valence-electron chi connectivity index (χ2n) is 6.12. The summed E-state index contributed by atoms with van der Waals surface area (Å²) in [5, 5.41) is 9.60. The zero-order valence-electron chi connectivity index (χ0n) is 14.6. The zero-order chi connectivity index (χ0) is 17.8. The van der Waals surface area contributed by atoms with Crippen molar-refractivity contribution < 1.29 is 13.9 Å². The average Bonchev–Trinajstić information content (AvgIpc) is 3.37. The molecule has 1 unspecified atom stereocenters. The van der Waals surface area contributed by atoms with Crippen molar-refractivity contribution in [2.45, 2.75) is 30.5 Å². The van der Waals surface area contributed by atoms with Crippen molar-refractivity contribution in [3.63, 3.8) is 0 Å². The Morgan fingerprint density at radius 3 is 2.77 bits per heavy atom. The maximum atomic E-state index is 5.84. The third-order valence-electron chi connectivity index (χ3n) is 4.38. The summed E-state index contributed by atoms with van der Waals surface area (Å²) in [6.45, 7) is 0.855. The van der Waals surface area contributed by atoms with Gasteiger partial charge in [0.1, 0.15) is 5.75 Å². The van der Waals surface area contributed by atoms with Gasteiger partial charge in [0.05, 0.1) is 25.2 Å². The van der Waals surface area contributed by atoms with Gasteiger partial charge in [0.15, 0.2) is 10.9 Å². The fraction of sp³-hybridized carbons (Fsp3) is 0.368. The van der Waals surface area contributed by atoms with E-state index in [-0.39, 0.29) is 6.10 Å². The van der Waals surface area contributed by atoms with Crippen molar-refractivity contribution in [1.29, 1.82) is 0 Å². The Morgan fingerprint density at radius 2 is 2.08 bits per heavy atom. The highest BCUT2D eigenvalue weighted by Crippen LogP contribution is 2.30. The molecule has 4 rings (SSSR count). The Hall–Kier alpha value is -2.25. The maximum Gasteiger partial charge on any atom is 0.205 e. The van der Waals surface area contributed by atoms with Crippen molar-refractivity contribution in [1.82, 2.24) is 14.8 Å². The number of hydrogen-bond acceptors (Lipinski definition) is 6. The van der Waals surface area contributed by atoms with E-state index >= 15 is 0 Å². The van der Waals surface area contributed by atoms with Crippen LogP contribution in [-0.2, 0) is 4.74 Å². The van der Waals surface area contributed by atoms with Crippen LogP contribution in [0.2, 0.25) is 0 Å². The van der Waals surface area contributed by atoms with Crippen LogP contribution in [0.3, 0.4) is 0 Å². The Balaban J connectivity index is 1.64. The number of thioether (sulfide) groups is 1. The van der Waals surface area contributed by atoms with Gasteiger partial charge in [0, 0.05) is 12.4 Å². The number of aromatic nitrogens is 3. The molecule has 26 heavy (non-hydrogen) atoms. The minimum Gasteiger partial charge on any atom is -0.497 e. The van der Waals surface area contributed by atoms with Gasteiger partial charge >= 0.3 is 0 Å². The minimum atomic E-state index is 0.279. The lowest BCUT2D eigenvalue weighted by Crippen LogP contribution is -2.21. The molecular formula is C19H21N3O3S. The molecule has 1 fully saturated rings. The first kappa shape index (κ1) is 17.2. The highest BCUT2D eigenvalue weighted by molar-refractivity contribution is 7.99. The van der Waals surface area contributed by atoms with Crippen molar-refractivity contribution in [3.8, 4) is 23.0 Å². The molecule has 0 saturated carbocycles. The van der Waals surface area contributed by atoms with Crippen LogP contribution in [0.4, 0.5) is 0 Å². The molecule has 1 aliphatic rings. The van der Waals surface area contributed by atoms with E-state index in [1.165, 1.54) is 6.42 Å². The first-order valence-corrected chi connectivity index (χ1v) is 9.72. The van der Waals surface area contributed by atoms with Crippen molar-refractivity contribution in [2.24, 2.45) is 0 Å². The molecule has 0 N–H and O–H groups in total. The monoisotopic (exact) mass is 371 g/mol. The van der Waals surface area contributed by atoms with E-state index in [1.54, 1.807) is 25.1 Å². The number of rotatable bonds is 6. The van der Waals surface area contributed by atoms with Gasteiger partial charge in [-0.3, -0.25) is 4.57 Å². The van der Waals surface area contributed by atoms with E-state index in [0.29, 0.717) is 11.6 Å². The normalized spacial score (nSPS) is 17.3. The number of benzene rings is 1. The first-order chi connectivity index (χ1) is 12.8. The number of hydrogen-bond donors (Lipinski definition) is 0. The third-order valence-corrected chi connectivity index (χ3v) is 5.44. The molecule has 3 aromatic rings. The van der Waals surface area contributed by atoms with Crippen LogP contribution in [0.25, 0.3) is 17.3 Å². The minimum absolute atomic E-state index is 0.279. The molecule has 0 amide bonds. The van der Waals surface area contributed by atoms with Crippen LogP contribution in [0.15, 0.2) is 52.2 Å². The van der Waals surface area contributed by atoms with Crippen LogP contribution >= 0.6 is 11.8 Å². The molecule has 1 aromatic carbocycles. The number of furan rings is 1. The predicted octanol–water partition coefficient (Wildman–Crippen LogP) is 4.20. The maximum absolute atomic E-state index is 5.84. The molecular weight excluding hydrogens is 350 g/mol. The molecule has 3 heterocycles. The molecule has 0 bridgehead atoms. The second-order valence-corrected chi connectivity index (χ2v) is 7.10. The Bertz CT molecular complexity index is 824. The predicted molar refractivity (Wildman–Crippen MR) is 99.9 cm³/mol. The third kappa shape index (κ3) is 3.64. The summed E-state index contributed by atoms with van der Waals surface area (Å²) >= 11 is 1.67. The van der Waals surface area contributed by atoms with E-state index in [4.69, 9.17) is 13.9 Å². The molecule has 0 spiro atoms. The highest BCUT2D eigenvalue weighted by Gasteiger charge is 2.20. The standard InChI is InChI=1S/C19H21N3O3S/c1-23-15-9-7-14(8-10-15)22-18(17-6-4-12-25-17)20-21-19(22)26-13-16-5-2-3-11-24-16/h4,6-10,12,16H,2-3,5,11,13H2,1H3. The quantitative estimate of drug-likeness (QED) is 0.605. The summed E-state index contributed by atoms with van der Waals surface area (Å²) in [7, 11) is 1.66. The van der Waals surface area contributed by atoms with Crippen molar-refractivity contribution in [2.75, 3.05) is 19.5 Å². The smallest absolute Gasteiger partial charge is 0.205 e. The molecule has 1 atom stereocenters. The van der Waals surface area contributed by atoms with Crippen molar-refractivity contribution >= 4 is 11.8 Å². The van der Waals surface area contributed by atoms with Gasteiger partial charge in [-0.2, -0.15) is 0 Å². The lowest BCUT2D eigenvalue weighted by Gasteiger charge is -2.21. The number of nitrogens with zero attached hydrogens (tertiary/aromatic N) is 3. The molecule has 0 radical (unpaired) electrons. The number of ether oxygens (including phenoxy) is 2. The van der Waals surface area contributed by atoms with Crippen LogP contribution in [0.1, 0.15) is 19.3 Å². The summed E-state index contributed by atoms with van der Waals surface area (Å²) in [5.41, 5.74) is 0.967. The average molecular weight is 371 g/mol. The van der Waals surface area contributed by atoms with Crippen LogP contribution in [0, 0.1) is 0 Å². The van der Waals surface area contributed by atoms with Gasteiger partial charge in [-0.15, -0.1) is 10.2 Å². The fourth-order valence-corrected chi connectivity index (χ4v) is 4.02. The summed E-state index contributed by atoms with van der Waals surface area (Å²) in [6, 6.07) is 11.6. The van der Waals surface area contributed by atoms with E-state index in [1.807, 2.05) is 41.0 Å². The van der Waals surface area contributed by atoms with Gasteiger partial charge in [-0.25, -0.2) is 0 Å². The van der Waals surface area contributed by atoms with Gasteiger partial charge in [-0.05, 0) is 55.7 Å². The van der Waals surface area contributed by atoms with Gasteiger partial charge in [-0.1, -0.05) is 11.8 Å². The Kier molecular flexibility index (Phi) is 5.26. The van der Waals surface area contributed by atoms with Crippen LogP contribution in [0.5, 0.6) is 5.75 Å². The van der Waals surface area contributed by atoms with E-state index in [2.05, 4.69) is 10.2 Å². The topological polar surface area (TPSA) is 62.3 Å². The molecule has 1 saturated heterocycles. The molecule has 7 heteroatoms. The summed E-state index contributed by atoms with van der Waals surface area (Å²) < 4.78 is 18.7. The van der Waals surface area contributed by atoms with E-state index in [9.17, 15) is 0 Å². The Morgan fingerprint density at radius 1 is 1.19 bits per heavy atom. The largest absolute Gasteiger partial charge is 0.497 e.